The third kappa shape index (κ3) is 4.77. The molecule has 1 heterocycles. The van der Waals surface area contributed by atoms with Crippen LogP contribution in [0.25, 0.3) is 0 Å². The quantitative estimate of drug-likeness (QED) is 0.367. The molecule has 0 aromatic heterocycles. The van der Waals surface area contributed by atoms with Gasteiger partial charge in [0.1, 0.15) is 16.7 Å². The van der Waals surface area contributed by atoms with Crippen LogP contribution in [0.2, 0.25) is 0 Å². The summed E-state index contributed by atoms with van der Waals surface area (Å²) in [6, 6.07) is 27.9. The molecule has 7 heteroatoms. The summed E-state index contributed by atoms with van der Waals surface area (Å²) in [6.07, 6.45) is 0.500. The zero-order chi connectivity index (χ0) is 22.5. The number of nitrogens with one attached hydrogen (secondary N) is 1. The van der Waals surface area contributed by atoms with Gasteiger partial charge >= 0.3 is 0 Å². The van der Waals surface area contributed by atoms with Crippen LogP contribution in [0.4, 0.5) is 11.4 Å². The largest absolute Gasteiger partial charge is 0.321 e. The van der Waals surface area contributed by atoms with Crippen LogP contribution in [0, 0.1) is 11.3 Å². The maximum atomic E-state index is 13.4. The Kier molecular flexibility index (Phi) is 6.74. The maximum absolute atomic E-state index is 13.4. The summed E-state index contributed by atoms with van der Waals surface area (Å²) in [7, 11) is 0. The molecule has 2 amide bonds. The summed E-state index contributed by atoms with van der Waals surface area (Å²) in [6.45, 7) is 0. The first-order valence-electron chi connectivity index (χ1n) is 9.87. The van der Waals surface area contributed by atoms with E-state index in [1.54, 1.807) is 36.4 Å². The van der Waals surface area contributed by atoms with Gasteiger partial charge in [0, 0.05) is 15.8 Å². The SMILES string of the molecule is N#CC(C(=O)Nc1ccccc1)=C1SC(Cc2ccccc2)C(=O)N1c1ccc(Br)cc1. The molecule has 5 nitrogen and oxygen atoms in total. The third-order valence-corrected chi connectivity index (χ3v) is 6.68. The molecule has 0 saturated carbocycles. The monoisotopic (exact) mass is 503 g/mol. The summed E-state index contributed by atoms with van der Waals surface area (Å²) < 4.78 is 0.870. The predicted octanol–water partition coefficient (Wildman–Crippen LogP) is 5.51. The van der Waals surface area contributed by atoms with Crippen molar-refractivity contribution in [2.45, 2.75) is 11.7 Å². The molecule has 0 radical (unpaired) electrons. The Morgan fingerprint density at radius 1 is 1.00 bits per heavy atom. The van der Waals surface area contributed by atoms with Crippen molar-refractivity contribution in [2.24, 2.45) is 0 Å². The van der Waals surface area contributed by atoms with Gasteiger partial charge in [-0.25, -0.2) is 0 Å². The summed E-state index contributed by atoms with van der Waals surface area (Å²) in [5.41, 5.74) is 2.11. The minimum absolute atomic E-state index is 0.0920. The third-order valence-electron chi connectivity index (χ3n) is 4.89. The number of nitriles is 1. The second-order valence-corrected chi connectivity index (χ2v) is 9.17. The number of hydrogen-bond donors (Lipinski definition) is 1. The smallest absolute Gasteiger partial charge is 0.269 e. The zero-order valence-electron chi connectivity index (χ0n) is 16.9. The number of nitrogens with zero attached hydrogens (tertiary/aromatic N) is 2. The minimum Gasteiger partial charge on any atom is -0.321 e. The van der Waals surface area contributed by atoms with E-state index >= 15 is 0 Å². The summed E-state index contributed by atoms with van der Waals surface area (Å²) >= 11 is 4.66. The van der Waals surface area contributed by atoms with Gasteiger partial charge in [0.2, 0.25) is 5.91 Å². The highest BCUT2D eigenvalue weighted by Crippen LogP contribution is 2.42. The van der Waals surface area contributed by atoms with E-state index in [1.165, 1.54) is 16.7 Å². The molecule has 1 atom stereocenters. The van der Waals surface area contributed by atoms with Gasteiger partial charge < -0.3 is 5.32 Å². The highest BCUT2D eigenvalue weighted by molar-refractivity contribution is 9.10. The number of thioether (sulfide) groups is 1. The van der Waals surface area contributed by atoms with Crippen LogP contribution in [0.5, 0.6) is 0 Å². The van der Waals surface area contributed by atoms with Crippen LogP contribution < -0.4 is 10.2 Å². The number of amides is 2. The number of anilines is 2. The van der Waals surface area contributed by atoms with E-state index in [0.717, 1.165) is 10.0 Å². The average molecular weight is 504 g/mol. The standard InChI is InChI=1S/C25H18BrN3O2S/c26-18-11-13-20(14-12-18)29-24(31)22(15-17-7-3-1-4-8-17)32-25(29)21(16-27)23(30)28-19-9-5-2-6-10-19/h1-14,22H,15H2,(H,28,30). The fourth-order valence-electron chi connectivity index (χ4n) is 3.36. The van der Waals surface area contributed by atoms with Gasteiger partial charge in [-0.15, -0.1) is 0 Å². The Labute approximate surface area is 198 Å². The second kappa shape index (κ2) is 9.86. The molecule has 1 unspecified atom stereocenters. The lowest BCUT2D eigenvalue weighted by Crippen LogP contribution is -2.30. The van der Waals surface area contributed by atoms with Crippen molar-refractivity contribution in [1.29, 1.82) is 5.26 Å². The molecule has 0 aliphatic carbocycles. The van der Waals surface area contributed by atoms with E-state index < -0.39 is 11.2 Å². The first-order valence-corrected chi connectivity index (χ1v) is 11.5. The van der Waals surface area contributed by atoms with Crippen molar-refractivity contribution in [1.82, 2.24) is 0 Å². The van der Waals surface area contributed by atoms with Crippen molar-refractivity contribution in [3.8, 4) is 6.07 Å². The molecule has 3 aromatic carbocycles. The molecule has 158 valence electrons. The Hall–Kier alpha value is -3.34. The normalized spacial score (nSPS) is 17.1. The number of para-hydroxylation sites is 1. The lowest BCUT2D eigenvalue weighted by molar-refractivity contribution is -0.117. The summed E-state index contributed by atoms with van der Waals surface area (Å²) in [4.78, 5) is 27.9. The Balaban J connectivity index is 1.73. The molecule has 1 N–H and O–H groups in total. The molecule has 1 aliphatic rings. The zero-order valence-corrected chi connectivity index (χ0v) is 19.3. The van der Waals surface area contributed by atoms with Gasteiger partial charge in [-0.2, -0.15) is 5.26 Å². The molecule has 1 aliphatic heterocycles. The molecule has 0 bridgehead atoms. The minimum atomic E-state index is -0.545. The molecule has 32 heavy (non-hydrogen) atoms. The average Bonchev–Trinajstić information content (AvgIpc) is 3.12. The predicted molar refractivity (Wildman–Crippen MR) is 131 cm³/mol. The van der Waals surface area contributed by atoms with Crippen LogP contribution in [0.15, 0.2) is 100 Å². The molecule has 1 saturated heterocycles. The fourth-order valence-corrected chi connectivity index (χ4v) is 4.93. The number of rotatable bonds is 5. The number of carbonyl (C=O) groups is 2. The molecule has 4 rings (SSSR count). The molecule has 3 aromatic rings. The van der Waals surface area contributed by atoms with E-state index in [0.29, 0.717) is 22.8 Å². The first-order chi connectivity index (χ1) is 15.6. The van der Waals surface area contributed by atoms with Crippen molar-refractivity contribution in [2.75, 3.05) is 10.2 Å². The maximum Gasteiger partial charge on any atom is 0.269 e. The molecule has 1 fully saturated rings. The lowest BCUT2D eigenvalue weighted by atomic mass is 10.1. The van der Waals surface area contributed by atoms with E-state index in [2.05, 4.69) is 21.2 Å². The fraction of sp³-hybridized carbons (Fsp3) is 0.0800. The lowest BCUT2D eigenvalue weighted by Gasteiger charge is -2.19. The highest BCUT2D eigenvalue weighted by atomic mass is 79.9. The molecule has 0 spiro atoms. The van der Waals surface area contributed by atoms with Crippen molar-refractivity contribution in [3.05, 3.63) is 106 Å². The van der Waals surface area contributed by atoms with Crippen LogP contribution in [-0.4, -0.2) is 17.1 Å². The Morgan fingerprint density at radius 2 is 1.62 bits per heavy atom. The Bertz CT molecular complexity index is 1210. The van der Waals surface area contributed by atoms with Crippen LogP contribution in [0.1, 0.15) is 5.56 Å². The number of carbonyl (C=O) groups excluding carboxylic acids is 2. The van der Waals surface area contributed by atoms with Gasteiger partial charge in [0.15, 0.2) is 0 Å². The highest BCUT2D eigenvalue weighted by Gasteiger charge is 2.40. The summed E-state index contributed by atoms with van der Waals surface area (Å²) in [5, 5.41) is 12.5. The van der Waals surface area contributed by atoms with Gasteiger partial charge in [-0.1, -0.05) is 76.2 Å². The number of halogens is 1. The van der Waals surface area contributed by atoms with E-state index in [9.17, 15) is 14.9 Å². The van der Waals surface area contributed by atoms with Gasteiger partial charge in [-0.05, 0) is 48.4 Å². The number of hydrogen-bond acceptors (Lipinski definition) is 4. The second-order valence-electron chi connectivity index (χ2n) is 7.06. The van der Waals surface area contributed by atoms with Gasteiger partial charge in [-0.3, -0.25) is 14.5 Å². The van der Waals surface area contributed by atoms with Crippen LogP contribution in [0.3, 0.4) is 0 Å². The van der Waals surface area contributed by atoms with Crippen molar-refractivity contribution >= 4 is 50.9 Å². The van der Waals surface area contributed by atoms with Crippen molar-refractivity contribution < 1.29 is 9.59 Å². The van der Waals surface area contributed by atoms with Crippen molar-refractivity contribution in [3.63, 3.8) is 0 Å². The molecular formula is C25H18BrN3O2S. The first kappa shape index (κ1) is 21.9. The van der Waals surface area contributed by atoms with Gasteiger partial charge in [0.05, 0.1) is 5.25 Å². The van der Waals surface area contributed by atoms with E-state index in [4.69, 9.17) is 0 Å². The molecular weight excluding hydrogens is 486 g/mol. The van der Waals surface area contributed by atoms with E-state index in [1.807, 2.05) is 54.6 Å². The Morgan fingerprint density at radius 3 is 2.25 bits per heavy atom. The number of benzene rings is 3. The van der Waals surface area contributed by atoms with Gasteiger partial charge in [0.25, 0.3) is 5.91 Å². The van der Waals surface area contributed by atoms with E-state index in [-0.39, 0.29) is 11.5 Å². The summed E-state index contributed by atoms with van der Waals surface area (Å²) in [5.74, 6) is -0.701. The van der Waals surface area contributed by atoms with Crippen LogP contribution >= 0.6 is 27.7 Å². The topological polar surface area (TPSA) is 73.2 Å². The van der Waals surface area contributed by atoms with Crippen LogP contribution in [-0.2, 0) is 16.0 Å².